The maximum atomic E-state index is 12.3. The lowest BCUT2D eigenvalue weighted by atomic mass is 9.75. The molecule has 0 saturated carbocycles. The number of benzene rings is 2. The van der Waals surface area contributed by atoms with E-state index in [1.807, 2.05) is 78.9 Å². The maximum Gasteiger partial charge on any atom is 0.307 e. The Bertz CT molecular complexity index is 792. The van der Waals surface area contributed by atoms with Gasteiger partial charge in [-0.2, -0.15) is 0 Å². The van der Waals surface area contributed by atoms with Crippen molar-refractivity contribution in [2.24, 2.45) is 0 Å². The third-order valence-electron chi connectivity index (χ3n) is 4.59. The number of cyclic esters (lactones) is 1. The fraction of sp³-hybridized carbons (Fsp3) is 0.143. The van der Waals surface area contributed by atoms with E-state index in [9.17, 15) is 4.79 Å². The minimum atomic E-state index is -0.888. The Balaban J connectivity index is 1.97. The van der Waals surface area contributed by atoms with Gasteiger partial charge in [0.2, 0.25) is 0 Å². The van der Waals surface area contributed by atoms with Gasteiger partial charge in [0.1, 0.15) is 0 Å². The second-order valence-corrected chi connectivity index (χ2v) is 5.96. The van der Waals surface area contributed by atoms with Crippen molar-refractivity contribution in [1.29, 1.82) is 0 Å². The molecule has 2 unspecified atom stereocenters. The molecule has 0 N–H and O–H groups in total. The van der Waals surface area contributed by atoms with Crippen LogP contribution < -0.4 is 0 Å². The first-order valence-corrected chi connectivity index (χ1v) is 8.04. The van der Waals surface area contributed by atoms with Crippen molar-refractivity contribution in [3.63, 3.8) is 0 Å². The average Bonchev–Trinajstić information content (AvgIpc) is 3.02. The van der Waals surface area contributed by atoms with Gasteiger partial charge in [-0.1, -0.05) is 66.7 Å². The highest BCUT2D eigenvalue weighted by molar-refractivity contribution is 5.76. The third-order valence-corrected chi connectivity index (χ3v) is 4.59. The molecule has 2 aromatic carbocycles. The highest BCUT2D eigenvalue weighted by Gasteiger charge is 2.53. The van der Waals surface area contributed by atoms with E-state index in [4.69, 9.17) is 4.74 Å². The maximum absolute atomic E-state index is 12.3. The molecule has 118 valence electrons. The van der Waals surface area contributed by atoms with E-state index >= 15 is 0 Å². The lowest BCUT2D eigenvalue weighted by molar-refractivity contribution is -0.146. The molecule has 1 aromatic heterocycles. The summed E-state index contributed by atoms with van der Waals surface area (Å²) in [6.45, 7) is 0. The van der Waals surface area contributed by atoms with Gasteiger partial charge in [-0.05, 0) is 17.7 Å². The smallest absolute Gasteiger partial charge is 0.307 e. The number of esters is 1. The van der Waals surface area contributed by atoms with Crippen LogP contribution in [0.1, 0.15) is 29.2 Å². The lowest BCUT2D eigenvalue weighted by Gasteiger charge is -2.33. The van der Waals surface area contributed by atoms with Gasteiger partial charge in [0.05, 0.1) is 12.1 Å². The van der Waals surface area contributed by atoms with Gasteiger partial charge in [-0.3, -0.25) is 9.78 Å². The molecule has 3 heteroatoms. The quantitative estimate of drug-likeness (QED) is 0.684. The minimum absolute atomic E-state index is 0.108. The third kappa shape index (κ3) is 2.29. The molecule has 0 radical (unpaired) electrons. The Morgan fingerprint density at radius 1 is 0.875 bits per heavy atom. The number of hydrogen-bond donors (Lipinski definition) is 0. The summed E-state index contributed by atoms with van der Waals surface area (Å²) in [5, 5.41) is 0. The van der Waals surface area contributed by atoms with Gasteiger partial charge in [0, 0.05) is 17.7 Å². The van der Waals surface area contributed by atoms with E-state index in [-0.39, 0.29) is 11.9 Å². The molecular formula is C21H17NO2. The molecule has 0 bridgehead atoms. The van der Waals surface area contributed by atoms with Crippen LogP contribution in [0.25, 0.3) is 0 Å². The number of carbonyl (C=O) groups excluding carboxylic acids is 1. The lowest BCUT2D eigenvalue weighted by Crippen LogP contribution is -2.34. The number of hydrogen-bond acceptors (Lipinski definition) is 3. The molecule has 24 heavy (non-hydrogen) atoms. The van der Waals surface area contributed by atoms with E-state index in [2.05, 4.69) is 4.98 Å². The standard InChI is InChI=1S/C21H17NO2/c23-20-15-18(16-9-3-1-4-10-16)21(24-20,17-11-5-2-6-12-17)19-13-7-8-14-22-19/h1-14,18H,15H2. The predicted molar refractivity (Wildman–Crippen MR) is 91.4 cm³/mol. The van der Waals surface area contributed by atoms with Crippen molar-refractivity contribution >= 4 is 5.97 Å². The monoisotopic (exact) mass is 315 g/mol. The van der Waals surface area contributed by atoms with Crippen LogP contribution in [0.15, 0.2) is 85.1 Å². The molecule has 1 saturated heterocycles. The topological polar surface area (TPSA) is 39.2 Å². The Hall–Kier alpha value is -2.94. The molecule has 4 rings (SSSR count). The summed E-state index contributed by atoms with van der Waals surface area (Å²) < 4.78 is 5.99. The van der Waals surface area contributed by atoms with Crippen molar-refractivity contribution in [2.45, 2.75) is 17.9 Å². The Morgan fingerprint density at radius 2 is 1.54 bits per heavy atom. The zero-order valence-electron chi connectivity index (χ0n) is 13.1. The van der Waals surface area contributed by atoms with Crippen LogP contribution in [-0.4, -0.2) is 11.0 Å². The number of carbonyl (C=O) groups is 1. The molecule has 0 amide bonds. The van der Waals surface area contributed by atoms with Crippen LogP contribution in [0.5, 0.6) is 0 Å². The summed E-state index contributed by atoms with van der Waals surface area (Å²) >= 11 is 0. The van der Waals surface area contributed by atoms with Crippen molar-refractivity contribution in [2.75, 3.05) is 0 Å². The molecule has 0 spiro atoms. The predicted octanol–water partition coefficient (Wildman–Crippen LogP) is 4.06. The normalized spacial score (nSPS) is 23.0. The molecular weight excluding hydrogens is 298 g/mol. The largest absolute Gasteiger partial charge is 0.447 e. The van der Waals surface area contributed by atoms with E-state index in [0.29, 0.717) is 6.42 Å². The highest BCUT2D eigenvalue weighted by atomic mass is 16.6. The van der Waals surface area contributed by atoms with E-state index in [0.717, 1.165) is 16.8 Å². The summed E-state index contributed by atoms with van der Waals surface area (Å²) in [5.74, 6) is -0.304. The fourth-order valence-electron chi connectivity index (χ4n) is 3.55. The molecule has 1 aliphatic heterocycles. The Kier molecular flexibility index (Phi) is 3.62. The number of aromatic nitrogens is 1. The van der Waals surface area contributed by atoms with E-state index in [1.165, 1.54) is 0 Å². The van der Waals surface area contributed by atoms with E-state index < -0.39 is 5.60 Å². The summed E-state index contributed by atoms with van der Waals surface area (Å²) in [7, 11) is 0. The number of nitrogens with zero attached hydrogens (tertiary/aromatic N) is 1. The van der Waals surface area contributed by atoms with Crippen LogP contribution in [0, 0.1) is 0 Å². The summed E-state index contributed by atoms with van der Waals surface area (Å²) in [6, 6.07) is 25.7. The zero-order valence-corrected chi connectivity index (χ0v) is 13.1. The first-order valence-electron chi connectivity index (χ1n) is 8.04. The number of ether oxygens (including phenoxy) is 1. The molecule has 2 heterocycles. The molecule has 1 aliphatic rings. The molecule has 3 aromatic rings. The number of pyridine rings is 1. The Labute approximate surface area is 140 Å². The molecule has 0 aliphatic carbocycles. The first-order chi connectivity index (χ1) is 11.8. The van der Waals surface area contributed by atoms with Gasteiger partial charge in [0.15, 0.2) is 5.60 Å². The highest BCUT2D eigenvalue weighted by Crippen LogP contribution is 2.51. The summed E-state index contributed by atoms with van der Waals surface area (Å²) in [4.78, 5) is 16.9. The van der Waals surface area contributed by atoms with Gasteiger partial charge in [0.25, 0.3) is 0 Å². The zero-order chi connectivity index (χ0) is 16.4. The fourth-order valence-corrected chi connectivity index (χ4v) is 3.55. The van der Waals surface area contributed by atoms with Crippen LogP contribution in [0.4, 0.5) is 0 Å². The molecule has 1 fully saturated rings. The number of rotatable bonds is 3. The summed E-state index contributed by atoms with van der Waals surface area (Å²) in [6.07, 6.45) is 2.09. The van der Waals surface area contributed by atoms with Gasteiger partial charge in [-0.25, -0.2) is 0 Å². The van der Waals surface area contributed by atoms with Crippen molar-refractivity contribution < 1.29 is 9.53 Å². The first kappa shape index (κ1) is 14.6. The van der Waals surface area contributed by atoms with Crippen molar-refractivity contribution in [3.05, 3.63) is 102 Å². The SMILES string of the molecule is O=C1CC(c2ccccc2)C(c2ccccc2)(c2ccccn2)O1. The minimum Gasteiger partial charge on any atom is -0.447 e. The van der Waals surface area contributed by atoms with Crippen LogP contribution in [0.3, 0.4) is 0 Å². The summed E-state index contributed by atoms with van der Waals surface area (Å²) in [5.41, 5.74) is 1.90. The van der Waals surface area contributed by atoms with Gasteiger partial charge in [-0.15, -0.1) is 0 Å². The van der Waals surface area contributed by atoms with Crippen molar-refractivity contribution in [1.82, 2.24) is 4.98 Å². The second kappa shape index (κ2) is 5.93. The van der Waals surface area contributed by atoms with Gasteiger partial charge < -0.3 is 4.74 Å². The second-order valence-electron chi connectivity index (χ2n) is 5.96. The van der Waals surface area contributed by atoms with Crippen molar-refractivity contribution in [3.8, 4) is 0 Å². The van der Waals surface area contributed by atoms with Gasteiger partial charge >= 0.3 is 5.97 Å². The van der Waals surface area contributed by atoms with Crippen LogP contribution in [-0.2, 0) is 15.1 Å². The molecule has 3 nitrogen and oxygen atoms in total. The molecule has 2 atom stereocenters. The van der Waals surface area contributed by atoms with Crippen LogP contribution >= 0.6 is 0 Å². The van der Waals surface area contributed by atoms with Crippen LogP contribution in [0.2, 0.25) is 0 Å². The Morgan fingerprint density at radius 3 is 2.21 bits per heavy atom. The average molecular weight is 315 g/mol. The van der Waals surface area contributed by atoms with E-state index in [1.54, 1.807) is 6.20 Å².